The molecular formula is C17H19ClIN3O2. The molecule has 1 saturated heterocycles. The van der Waals surface area contributed by atoms with E-state index < -0.39 is 0 Å². The summed E-state index contributed by atoms with van der Waals surface area (Å²) in [5.41, 5.74) is 0.959. The van der Waals surface area contributed by atoms with Crippen molar-refractivity contribution in [2.45, 2.75) is 19.4 Å². The number of piperidine rings is 1. The Balaban J connectivity index is 1.68. The summed E-state index contributed by atoms with van der Waals surface area (Å²) in [6, 6.07) is 5.81. The Morgan fingerprint density at radius 2 is 2.04 bits per heavy atom. The molecule has 1 aliphatic rings. The van der Waals surface area contributed by atoms with Gasteiger partial charge in [-0.2, -0.15) is 0 Å². The molecule has 0 N–H and O–H groups in total. The van der Waals surface area contributed by atoms with Crippen LogP contribution < -0.4 is 14.4 Å². The van der Waals surface area contributed by atoms with Gasteiger partial charge in [0.1, 0.15) is 6.10 Å². The second-order valence-electron chi connectivity index (χ2n) is 5.86. The third kappa shape index (κ3) is 4.03. The van der Waals surface area contributed by atoms with E-state index in [4.69, 9.17) is 21.1 Å². The van der Waals surface area contributed by atoms with Crippen molar-refractivity contribution in [1.82, 2.24) is 9.97 Å². The van der Waals surface area contributed by atoms with Gasteiger partial charge >= 0.3 is 0 Å². The van der Waals surface area contributed by atoms with Crippen molar-refractivity contribution >= 4 is 39.9 Å². The molecule has 24 heavy (non-hydrogen) atoms. The van der Waals surface area contributed by atoms with E-state index in [-0.39, 0.29) is 6.10 Å². The molecule has 0 radical (unpaired) electrons. The van der Waals surface area contributed by atoms with Gasteiger partial charge in [-0.25, -0.2) is 9.97 Å². The summed E-state index contributed by atoms with van der Waals surface area (Å²) in [5, 5.41) is 0.640. The molecule has 2 aromatic rings. The van der Waals surface area contributed by atoms with E-state index in [1.165, 1.54) is 0 Å². The van der Waals surface area contributed by atoms with Crippen molar-refractivity contribution in [3.63, 3.8) is 0 Å². The zero-order valence-electron chi connectivity index (χ0n) is 13.6. The van der Waals surface area contributed by atoms with Gasteiger partial charge in [-0.1, -0.05) is 18.5 Å². The van der Waals surface area contributed by atoms with Crippen molar-refractivity contribution in [2.75, 3.05) is 25.1 Å². The van der Waals surface area contributed by atoms with Crippen molar-refractivity contribution in [1.29, 1.82) is 0 Å². The molecule has 0 saturated carbocycles. The normalized spacial score (nSPS) is 20.8. The van der Waals surface area contributed by atoms with Crippen LogP contribution >= 0.6 is 34.2 Å². The van der Waals surface area contributed by atoms with Crippen LogP contribution in [0.2, 0.25) is 5.02 Å². The molecule has 0 aliphatic carbocycles. The first-order valence-corrected chi connectivity index (χ1v) is 9.25. The van der Waals surface area contributed by atoms with E-state index in [0.717, 1.165) is 28.8 Å². The maximum atomic E-state index is 6.31. The maximum absolute atomic E-state index is 6.31. The summed E-state index contributed by atoms with van der Waals surface area (Å²) in [6.07, 6.45) is 4.52. The Hall–Kier alpha value is -1.28. The fourth-order valence-electron chi connectivity index (χ4n) is 2.87. The number of nitrogens with zero attached hydrogens (tertiary/aromatic N) is 3. The number of hydrogen-bond donors (Lipinski definition) is 0. The van der Waals surface area contributed by atoms with Crippen LogP contribution in [-0.4, -0.2) is 36.3 Å². The van der Waals surface area contributed by atoms with Gasteiger partial charge < -0.3 is 14.4 Å². The predicted molar refractivity (Wildman–Crippen MR) is 103 cm³/mol. The topological polar surface area (TPSA) is 47.5 Å². The molecule has 2 aromatic heterocycles. The summed E-state index contributed by atoms with van der Waals surface area (Å²) in [5.74, 6) is 1.61. The summed E-state index contributed by atoms with van der Waals surface area (Å²) < 4.78 is 12.4. The Morgan fingerprint density at radius 1 is 1.25 bits per heavy atom. The third-order valence-corrected chi connectivity index (χ3v) is 5.09. The minimum atomic E-state index is 0.149. The summed E-state index contributed by atoms with van der Waals surface area (Å²) in [6.45, 7) is 3.92. The van der Waals surface area contributed by atoms with E-state index >= 15 is 0 Å². The standard InChI is InChI=1S/C17H19ClIN3O2/c1-11-10-22(14-7-17(23-2)21-9-13(14)18)6-5-15(11)24-16-4-3-12(19)8-20-16/h3-4,7-9,11,15H,5-6,10H2,1-2H3. The molecule has 0 spiro atoms. The van der Waals surface area contributed by atoms with Crippen molar-refractivity contribution in [2.24, 2.45) is 5.92 Å². The molecule has 1 fully saturated rings. The second kappa shape index (κ2) is 7.74. The minimum absolute atomic E-state index is 0.149. The van der Waals surface area contributed by atoms with E-state index in [1.807, 2.05) is 24.4 Å². The minimum Gasteiger partial charge on any atom is -0.481 e. The van der Waals surface area contributed by atoms with Crippen molar-refractivity contribution < 1.29 is 9.47 Å². The number of pyridine rings is 2. The predicted octanol–water partition coefficient (Wildman–Crippen LogP) is 4.04. The molecule has 3 heterocycles. The Bertz CT molecular complexity index is 699. The molecule has 0 aromatic carbocycles. The van der Waals surface area contributed by atoms with E-state index in [1.54, 1.807) is 13.3 Å². The van der Waals surface area contributed by atoms with Crippen LogP contribution in [0, 0.1) is 9.49 Å². The van der Waals surface area contributed by atoms with Crippen LogP contribution in [0.5, 0.6) is 11.8 Å². The SMILES string of the molecule is COc1cc(N2CCC(Oc3ccc(I)cn3)C(C)C2)c(Cl)cn1. The highest BCUT2D eigenvalue weighted by molar-refractivity contribution is 14.1. The highest BCUT2D eigenvalue weighted by Crippen LogP contribution is 2.32. The number of ether oxygens (including phenoxy) is 2. The van der Waals surface area contributed by atoms with Gasteiger partial charge in [-0.3, -0.25) is 0 Å². The lowest BCUT2D eigenvalue weighted by atomic mass is 9.96. The summed E-state index contributed by atoms with van der Waals surface area (Å²) >= 11 is 8.55. The molecule has 0 amide bonds. The zero-order chi connectivity index (χ0) is 17.1. The Morgan fingerprint density at radius 3 is 2.71 bits per heavy atom. The van der Waals surface area contributed by atoms with Crippen LogP contribution in [0.4, 0.5) is 5.69 Å². The van der Waals surface area contributed by atoms with Crippen LogP contribution in [0.3, 0.4) is 0 Å². The molecule has 3 rings (SSSR count). The molecule has 128 valence electrons. The Kier molecular flexibility index (Phi) is 5.65. The first-order valence-electron chi connectivity index (χ1n) is 7.79. The number of methoxy groups -OCH3 is 1. The van der Waals surface area contributed by atoms with Gasteiger partial charge in [0.2, 0.25) is 11.8 Å². The lowest BCUT2D eigenvalue weighted by molar-refractivity contribution is 0.116. The average molecular weight is 460 g/mol. The monoisotopic (exact) mass is 459 g/mol. The second-order valence-corrected chi connectivity index (χ2v) is 7.51. The zero-order valence-corrected chi connectivity index (χ0v) is 16.5. The summed E-state index contributed by atoms with van der Waals surface area (Å²) in [7, 11) is 1.61. The van der Waals surface area contributed by atoms with Gasteiger partial charge in [0.25, 0.3) is 0 Å². The highest BCUT2D eigenvalue weighted by Gasteiger charge is 2.29. The quantitative estimate of drug-likeness (QED) is 0.646. The first-order chi connectivity index (χ1) is 11.6. The highest BCUT2D eigenvalue weighted by atomic mass is 127. The van der Waals surface area contributed by atoms with Gasteiger partial charge in [0, 0.05) is 47.3 Å². The van der Waals surface area contributed by atoms with Gasteiger partial charge in [-0.15, -0.1) is 0 Å². The largest absolute Gasteiger partial charge is 0.481 e. The maximum Gasteiger partial charge on any atom is 0.215 e. The lowest BCUT2D eigenvalue weighted by Gasteiger charge is -2.38. The van der Waals surface area contributed by atoms with Crippen LogP contribution in [0.1, 0.15) is 13.3 Å². The van der Waals surface area contributed by atoms with Crippen molar-refractivity contribution in [3.8, 4) is 11.8 Å². The number of halogens is 2. The van der Waals surface area contributed by atoms with Crippen LogP contribution in [-0.2, 0) is 0 Å². The smallest absolute Gasteiger partial charge is 0.215 e. The Labute approximate surface area is 160 Å². The first kappa shape index (κ1) is 17.5. The van der Waals surface area contributed by atoms with Gasteiger partial charge in [0.05, 0.1) is 24.0 Å². The molecule has 7 heteroatoms. The number of hydrogen-bond acceptors (Lipinski definition) is 5. The van der Waals surface area contributed by atoms with Crippen molar-refractivity contribution in [3.05, 3.63) is 39.2 Å². The van der Waals surface area contributed by atoms with E-state index in [0.29, 0.717) is 22.7 Å². The fourth-order valence-corrected chi connectivity index (χ4v) is 3.41. The molecule has 2 atom stereocenters. The average Bonchev–Trinajstić information content (AvgIpc) is 2.59. The van der Waals surface area contributed by atoms with Crippen LogP contribution in [0.25, 0.3) is 0 Å². The van der Waals surface area contributed by atoms with Crippen LogP contribution in [0.15, 0.2) is 30.6 Å². The molecule has 1 aliphatic heterocycles. The van der Waals surface area contributed by atoms with E-state index in [2.05, 4.69) is 44.4 Å². The van der Waals surface area contributed by atoms with Gasteiger partial charge in [0.15, 0.2) is 0 Å². The number of rotatable bonds is 4. The molecule has 0 bridgehead atoms. The molecular weight excluding hydrogens is 441 g/mol. The van der Waals surface area contributed by atoms with E-state index in [9.17, 15) is 0 Å². The fraction of sp³-hybridized carbons (Fsp3) is 0.412. The molecule has 5 nitrogen and oxygen atoms in total. The number of anilines is 1. The van der Waals surface area contributed by atoms with Gasteiger partial charge in [-0.05, 0) is 28.7 Å². The molecule has 2 unspecified atom stereocenters. The third-order valence-electron chi connectivity index (χ3n) is 4.16. The number of aromatic nitrogens is 2. The lowest BCUT2D eigenvalue weighted by Crippen LogP contribution is -2.44. The summed E-state index contributed by atoms with van der Waals surface area (Å²) in [4.78, 5) is 10.7.